The minimum Gasteiger partial charge on any atom is -0.492 e. The van der Waals surface area contributed by atoms with E-state index in [9.17, 15) is 5.11 Å². The Kier molecular flexibility index (Phi) is 6.86. The molecular formula is C16H25N3O2S. The second kappa shape index (κ2) is 8.90. The molecule has 122 valence electrons. The zero-order valence-electron chi connectivity index (χ0n) is 13.0. The Morgan fingerprint density at radius 3 is 2.86 bits per heavy atom. The van der Waals surface area contributed by atoms with Crippen molar-refractivity contribution in [2.75, 3.05) is 37.7 Å². The number of hydrogen-bond acceptors (Lipinski definition) is 4. The van der Waals surface area contributed by atoms with Crippen molar-refractivity contribution in [3.63, 3.8) is 0 Å². The molecule has 5 nitrogen and oxygen atoms in total. The van der Waals surface area contributed by atoms with Crippen LogP contribution < -0.4 is 15.4 Å². The van der Waals surface area contributed by atoms with E-state index in [0.717, 1.165) is 36.2 Å². The molecule has 2 rings (SSSR count). The first-order valence-electron chi connectivity index (χ1n) is 7.72. The number of nitrogens with zero attached hydrogens (tertiary/aromatic N) is 1. The topological polar surface area (TPSA) is 65.9 Å². The van der Waals surface area contributed by atoms with Crippen LogP contribution >= 0.6 is 11.8 Å². The van der Waals surface area contributed by atoms with Crippen LogP contribution in [0.25, 0.3) is 0 Å². The summed E-state index contributed by atoms with van der Waals surface area (Å²) >= 11 is 1.79. The van der Waals surface area contributed by atoms with Gasteiger partial charge in [0.1, 0.15) is 12.4 Å². The molecule has 1 aliphatic heterocycles. The summed E-state index contributed by atoms with van der Waals surface area (Å²) < 4.78 is 5.63. The van der Waals surface area contributed by atoms with Gasteiger partial charge in [-0.15, -0.1) is 0 Å². The number of aliphatic hydroxyl groups is 1. The molecule has 1 aliphatic rings. The zero-order chi connectivity index (χ0) is 15.7. The minimum atomic E-state index is -0.645. The van der Waals surface area contributed by atoms with E-state index in [1.54, 1.807) is 11.8 Å². The van der Waals surface area contributed by atoms with Gasteiger partial charge in [-0.1, -0.05) is 18.2 Å². The number of guanidine groups is 1. The highest BCUT2D eigenvalue weighted by Crippen LogP contribution is 2.27. The Balaban J connectivity index is 1.73. The fourth-order valence-corrected chi connectivity index (χ4v) is 3.43. The van der Waals surface area contributed by atoms with Crippen LogP contribution in [0.1, 0.15) is 13.3 Å². The Morgan fingerprint density at radius 2 is 2.18 bits per heavy atom. The molecule has 1 fully saturated rings. The highest BCUT2D eigenvalue weighted by Gasteiger charge is 2.31. The van der Waals surface area contributed by atoms with Crippen LogP contribution in [0.4, 0.5) is 0 Å². The molecule has 1 unspecified atom stereocenters. The minimum absolute atomic E-state index is 0.439. The van der Waals surface area contributed by atoms with Gasteiger partial charge in [-0.25, -0.2) is 0 Å². The standard InChI is InChI=1S/C16H25N3O2S/c1-2-17-15(19-12-16(20)8-11-22-13-16)18-9-10-21-14-6-4-3-5-7-14/h3-7,20H,2,8-13H2,1H3,(H2,17,18,19). The van der Waals surface area contributed by atoms with Gasteiger partial charge in [-0.2, -0.15) is 11.8 Å². The van der Waals surface area contributed by atoms with E-state index in [2.05, 4.69) is 15.6 Å². The van der Waals surface area contributed by atoms with Crippen molar-refractivity contribution >= 4 is 17.7 Å². The summed E-state index contributed by atoms with van der Waals surface area (Å²) in [6.07, 6.45) is 0.817. The molecular weight excluding hydrogens is 298 g/mol. The molecule has 0 amide bonds. The molecule has 0 radical (unpaired) electrons. The third kappa shape index (κ3) is 5.77. The SMILES string of the molecule is CCNC(=NCC1(O)CCSC1)NCCOc1ccccc1. The molecule has 0 spiro atoms. The Hall–Kier alpha value is -1.40. The van der Waals surface area contributed by atoms with Crippen LogP contribution in [-0.4, -0.2) is 54.4 Å². The average Bonchev–Trinajstić information content (AvgIpc) is 2.97. The Bertz CT molecular complexity index is 462. The molecule has 3 N–H and O–H groups in total. The molecule has 1 aromatic carbocycles. The average molecular weight is 323 g/mol. The molecule has 1 aromatic rings. The van der Waals surface area contributed by atoms with Gasteiger partial charge in [0.15, 0.2) is 5.96 Å². The van der Waals surface area contributed by atoms with Gasteiger partial charge in [-0.05, 0) is 31.2 Å². The smallest absolute Gasteiger partial charge is 0.191 e. The van der Waals surface area contributed by atoms with E-state index in [1.165, 1.54) is 0 Å². The van der Waals surface area contributed by atoms with Gasteiger partial charge in [-0.3, -0.25) is 4.99 Å². The number of thioether (sulfide) groups is 1. The number of nitrogens with one attached hydrogen (secondary N) is 2. The fourth-order valence-electron chi connectivity index (χ4n) is 2.14. The van der Waals surface area contributed by atoms with Gasteiger partial charge in [0, 0.05) is 12.3 Å². The first-order valence-corrected chi connectivity index (χ1v) is 8.87. The van der Waals surface area contributed by atoms with Crippen molar-refractivity contribution in [2.45, 2.75) is 18.9 Å². The van der Waals surface area contributed by atoms with Crippen molar-refractivity contribution in [3.8, 4) is 5.75 Å². The van der Waals surface area contributed by atoms with E-state index in [1.807, 2.05) is 37.3 Å². The normalized spacial score (nSPS) is 21.6. The second-order valence-electron chi connectivity index (χ2n) is 5.31. The maximum atomic E-state index is 10.3. The lowest BCUT2D eigenvalue weighted by molar-refractivity contribution is 0.0778. The second-order valence-corrected chi connectivity index (χ2v) is 6.42. The van der Waals surface area contributed by atoms with E-state index < -0.39 is 5.60 Å². The lowest BCUT2D eigenvalue weighted by Crippen LogP contribution is -2.41. The highest BCUT2D eigenvalue weighted by atomic mass is 32.2. The van der Waals surface area contributed by atoms with Crippen molar-refractivity contribution in [3.05, 3.63) is 30.3 Å². The Labute approximate surface area is 136 Å². The summed E-state index contributed by atoms with van der Waals surface area (Å²) in [5, 5.41) is 16.7. The number of hydrogen-bond donors (Lipinski definition) is 3. The van der Waals surface area contributed by atoms with E-state index >= 15 is 0 Å². The predicted molar refractivity (Wildman–Crippen MR) is 92.8 cm³/mol. The highest BCUT2D eigenvalue weighted by molar-refractivity contribution is 7.99. The van der Waals surface area contributed by atoms with Crippen LogP contribution in [0.2, 0.25) is 0 Å². The van der Waals surface area contributed by atoms with Crippen molar-refractivity contribution < 1.29 is 9.84 Å². The molecule has 1 saturated heterocycles. The lowest BCUT2D eigenvalue weighted by Gasteiger charge is -2.19. The maximum Gasteiger partial charge on any atom is 0.191 e. The number of rotatable bonds is 7. The van der Waals surface area contributed by atoms with Crippen LogP contribution in [0.5, 0.6) is 5.75 Å². The predicted octanol–water partition coefficient (Wildman–Crippen LogP) is 1.49. The maximum absolute atomic E-state index is 10.3. The van der Waals surface area contributed by atoms with Gasteiger partial charge in [0.25, 0.3) is 0 Å². The zero-order valence-corrected chi connectivity index (χ0v) is 13.9. The molecule has 0 aromatic heterocycles. The lowest BCUT2D eigenvalue weighted by atomic mass is 10.1. The first-order chi connectivity index (χ1) is 10.7. The number of aliphatic imine (C=N–C) groups is 1. The number of benzene rings is 1. The van der Waals surface area contributed by atoms with Crippen LogP contribution in [0, 0.1) is 0 Å². The molecule has 22 heavy (non-hydrogen) atoms. The van der Waals surface area contributed by atoms with Crippen LogP contribution in [0.15, 0.2) is 35.3 Å². The quantitative estimate of drug-likeness (QED) is 0.403. The van der Waals surface area contributed by atoms with E-state index in [4.69, 9.17) is 4.74 Å². The molecule has 1 atom stereocenters. The number of para-hydroxylation sites is 1. The third-order valence-corrected chi connectivity index (χ3v) is 4.60. The summed E-state index contributed by atoms with van der Waals surface area (Å²) in [6, 6.07) is 9.75. The molecule has 0 aliphatic carbocycles. The summed E-state index contributed by atoms with van der Waals surface area (Å²) in [5.74, 6) is 3.38. The van der Waals surface area contributed by atoms with E-state index in [-0.39, 0.29) is 0 Å². The summed E-state index contributed by atoms with van der Waals surface area (Å²) in [5.41, 5.74) is -0.645. The molecule has 0 saturated carbocycles. The number of ether oxygens (including phenoxy) is 1. The Morgan fingerprint density at radius 1 is 1.36 bits per heavy atom. The summed E-state index contributed by atoms with van der Waals surface area (Å²) in [6.45, 7) is 4.48. The summed E-state index contributed by atoms with van der Waals surface area (Å²) in [7, 11) is 0. The third-order valence-electron chi connectivity index (χ3n) is 3.36. The monoisotopic (exact) mass is 323 g/mol. The summed E-state index contributed by atoms with van der Waals surface area (Å²) in [4.78, 5) is 4.49. The first kappa shape index (κ1) is 17.0. The van der Waals surface area contributed by atoms with Crippen molar-refractivity contribution in [1.29, 1.82) is 0 Å². The van der Waals surface area contributed by atoms with Gasteiger partial charge < -0.3 is 20.5 Å². The van der Waals surface area contributed by atoms with Gasteiger partial charge in [0.05, 0.1) is 18.7 Å². The largest absolute Gasteiger partial charge is 0.492 e. The van der Waals surface area contributed by atoms with Crippen molar-refractivity contribution in [2.24, 2.45) is 4.99 Å². The fraction of sp³-hybridized carbons (Fsp3) is 0.562. The molecule has 1 heterocycles. The van der Waals surface area contributed by atoms with Crippen LogP contribution in [-0.2, 0) is 0 Å². The van der Waals surface area contributed by atoms with Gasteiger partial charge in [0.2, 0.25) is 0 Å². The van der Waals surface area contributed by atoms with Crippen molar-refractivity contribution in [1.82, 2.24) is 10.6 Å². The van der Waals surface area contributed by atoms with E-state index in [0.29, 0.717) is 19.7 Å². The van der Waals surface area contributed by atoms with Crippen LogP contribution in [0.3, 0.4) is 0 Å². The molecule has 6 heteroatoms. The van der Waals surface area contributed by atoms with Gasteiger partial charge >= 0.3 is 0 Å². The molecule has 0 bridgehead atoms.